The molecule has 2 rings (SSSR count). The lowest BCUT2D eigenvalue weighted by Gasteiger charge is -2.09. The maximum atomic E-state index is 11.6. The first-order chi connectivity index (χ1) is 7.18. The molecule has 0 bridgehead atoms. The van der Waals surface area contributed by atoms with E-state index in [4.69, 9.17) is 11.6 Å². The molecule has 0 saturated heterocycles. The highest BCUT2D eigenvalue weighted by Crippen LogP contribution is 2.35. The monoisotopic (exact) mass is 227 g/mol. The third-order valence-corrected chi connectivity index (χ3v) is 3.13. The van der Waals surface area contributed by atoms with E-state index in [2.05, 4.69) is 10.3 Å². The summed E-state index contributed by atoms with van der Waals surface area (Å²) in [5, 5.41) is 3.11. The van der Waals surface area contributed by atoms with Crippen LogP contribution in [0.5, 0.6) is 0 Å². The summed E-state index contributed by atoms with van der Waals surface area (Å²) in [6, 6.07) is 0. The van der Waals surface area contributed by atoms with Crippen LogP contribution in [0.4, 0.5) is 5.82 Å². The Morgan fingerprint density at radius 1 is 1.73 bits per heavy atom. The van der Waals surface area contributed by atoms with Crippen molar-refractivity contribution < 1.29 is 0 Å². The molecule has 5 heteroatoms. The standard InChI is InChI=1S/C10H14ClN3O/c1-14-5-4-12-9(10(14)15)13-6-8(11)7-2-3-7/h4-5,7-8H,2-3,6H2,1H3,(H,12,13). The molecule has 0 amide bonds. The van der Waals surface area contributed by atoms with Crippen LogP contribution in [0.1, 0.15) is 12.8 Å². The van der Waals surface area contributed by atoms with E-state index in [1.807, 2.05) is 0 Å². The van der Waals surface area contributed by atoms with Crippen molar-refractivity contribution in [2.24, 2.45) is 13.0 Å². The van der Waals surface area contributed by atoms with Crippen LogP contribution in [0, 0.1) is 5.92 Å². The molecule has 1 saturated carbocycles. The van der Waals surface area contributed by atoms with E-state index in [0.29, 0.717) is 18.3 Å². The average molecular weight is 228 g/mol. The van der Waals surface area contributed by atoms with Crippen molar-refractivity contribution in [2.45, 2.75) is 18.2 Å². The molecule has 4 nitrogen and oxygen atoms in total. The molecular formula is C10H14ClN3O. The van der Waals surface area contributed by atoms with Crippen LogP contribution >= 0.6 is 11.6 Å². The van der Waals surface area contributed by atoms with Gasteiger partial charge in [-0.15, -0.1) is 11.6 Å². The number of rotatable bonds is 4. The SMILES string of the molecule is Cn1ccnc(NCC(Cl)C2CC2)c1=O. The van der Waals surface area contributed by atoms with Gasteiger partial charge in [-0.05, 0) is 18.8 Å². The molecule has 1 heterocycles. The van der Waals surface area contributed by atoms with Gasteiger partial charge in [-0.1, -0.05) is 0 Å². The summed E-state index contributed by atoms with van der Waals surface area (Å²) in [7, 11) is 1.70. The number of nitrogens with one attached hydrogen (secondary N) is 1. The lowest BCUT2D eigenvalue weighted by molar-refractivity contribution is 0.762. The third kappa shape index (κ3) is 2.50. The number of anilines is 1. The highest BCUT2D eigenvalue weighted by atomic mass is 35.5. The Bertz CT molecular complexity index is 400. The molecule has 15 heavy (non-hydrogen) atoms. The van der Waals surface area contributed by atoms with Gasteiger partial charge in [0.1, 0.15) is 0 Å². The van der Waals surface area contributed by atoms with Gasteiger partial charge in [-0.25, -0.2) is 4.98 Å². The van der Waals surface area contributed by atoms with Gasteiger partial charge in [0.15, 0.2) is 5.82 Å². The number of nitrogens with zero attached hydrogens (tertiary/aromatic N) is 2. The normalized spacial score (nSPS) is 17.5. The van der Waals surface area contributed by atoms with Gasteiger partial charge in [-0.3, -0.25) is 4.79 Å². The molecule has 1 aromatic rings. The summed E-state index contributed by atoms with van der Waals surface area (Å²) in [5.74, 6) is 0.998. The van der Waals surface area contributed by atoms with Gasteiger partial charge in [-0.2, -0.15) is 0 Å². The summed E-state index contributed by atoms with van der Waals surface area (Å²) in [5.41, 5.74) is -0.114. The summed E-state index contributed by atoms with van der Waals surface area (Å²) in [6.45, 7) is 0.610. The topological polar surface area (TPSA) is 46.9 Å². The predicted octanol–water partition coefficient (Wildman–Crippen LogP) is 1.21. The van der Waals surface area contributed by atoms with Crippen LogP contribution in [0.25, 0.3) is 0 Å². The smallest absolute Gasteiger partial charge is 0.293 e. The molecule has 1 atom stereocenters. The minimum Gasteiger partial charge on any atom is -0.364 e. The first-order valence-electron chi connectivity index (χ1n) is 5.08. The second kappa shape index (κ2) is 4.23. The number of aromatic nitrogens is 2. The molecule has 0 spiro atoms. The summed E-state index contributed by atoms with van der Waals surface area (Å²) in [6.07, 6.45) is 5.64. The molecule has 0 aliphatic heterocycles. The molecule has 1 N–H and O–H groups in total. The van der Waals surface area contributed by atoms with E-state index in [1.54, 1.807) is 19.4 Å². The molecule has 0 radical (unpaired) electrons. The number of hydrogen-bond acceptors (Lipinski definition) is 3. The van der Waals surface area contributed by atoms with Crippen LogP contribution in [0.15, 0.2) is 17.2 Å². The number of hydrogen-bond donors (Lipinski definition) is 1. The van der Waals surface area contributed by atoms with E-state index in [-0.39, 0.29) is 10.9 Å². The van der Waals surface area contributed by atoms with Gasteiger partial charge >= 0.3 is 0 Å². The minimum atomic E-state index is -0.114. The Kier molecular flexibility index (Phi) is 2.95. The van der Waals surface area contributed by atoms with Gasteiger partial charge in [0.25, 0.3) is 5.56 Å². The molecular weight excluding hydrogens is 214 g/mol. The largest absolute Gasteiger partial charge is 0.364 e. The number of halogens is 1. The minimum absolute atomic E-state index is 0.108. The fourth-order valence-corrected chi connectivity index (χ4v) is 1.77. The Morgan fingerprint density at radius 2 is 2.47 bits per heavy atom. The van der Waals surface area contributed by atoms with Crippen molar-refractivity contribution in [3.63, 3.8) is 0 Å². The third-order valence-electron chi connectivity index (χ3n) is 2.61. The van der Waals surface area contributed by atoms with Crippen molar-refractivity contribution in [3.8, 4) is 0 Å². The first-order valence-corrected chi connectivity index (χ1v) is 5.51. The first kappa shape index (κ1) is 10.5. The van der Waals surface area contributed by atoms with Gasteiger partial charge in [0, 0.05) is 26.0 Å². The van der Waals surface area contributed by atoms with E-state index in [9.17, 15) is 4.79 Å². The number of alkyl halides is 1. The van der Waals surface area contributed by atoms with Crippen LogP contribution < -0.4 is 10.9 Å². The van der Waals surface area contributed by atoms with E-state index >= 15 is 0 Å². The van der Waals surface area contributed by atoms with E-state index < -0.39 is 0 Å². The Morgan fingerprint density at radius 3 is 3.13 bits per heavy atom. The summed E-state index contributed by atoms with van der Waals surface area (Å²) >= 11 is 6.12. The zero-order chi connectivity index (χ0) is 10.8. The van der Waals surface area contributed by atoms with Gasteiger partial charge in [0.05, 0.1) is 5.38 Å². The van der Waals surface area contributed by atoms with Crippen molar-refractivity contribution in [3.05, 3.63) is 22.7 Å². The second-order valence-corrected chi connectivity index (χ2v) is 4.49. The summed E-state index contributed by atoms with van der Waals surface area (Å²) in [4.78, 5) is 15.5. The Hall–Kier alpha value is -1.03. The lowest BCUT2D eigenvalue weighted by atomic mass is 10.3. The maximum absolute atomic E-state index is 11.6. The Balaban J connectivity index is 1.98. The molecule has 1 aromatic heterocycles. The maximum Gasteiger partial charge on any atom is 0.293 e. The average Bonchev–Trinajstić information content (AvgIpc) is 3.03. The van der Waals surface area contributed by atoms with Gasteiger partial charge < -0.3 is 9.88 Å². The highest BCUT2D eigenvalue weighted by Gasteiger charge is 2.29. The zero-order valence-corrected chi connectivity index (χ0v) is 9.37. The van der Waals surface area contributed by atoms with E-state index in [0.717, 1.165) is 0 Å². The predicted molar refractivity (Wildman–Crippen MR) is 60.3 cm³/mol. The molecule has 1 aliphatic rings. The zero-order valence-electron chi connectivity index (χ0n) is 8.61. The highest BCUT2D eigenvalue weighted by molar-refractivity contribution is 6.21. The molecule has 0 aromatic carbocycles. The van der Waals surface area contributed by atoms with Crippen LogP contribution in [-0.2, 0) is 7.05 Å². The van der Waals surface area contributed by atoms with Crippen molar-refractivity contribution in [2.75, 3.05) is 11.9 Å². The van der Waals surface area contributed by atoms with Crippen molar-refractivity contribution >= 4 is 17.4 Å². The van der Waals surface area contributed by atoms with Gasteiger partial charge in [0.2, 0.25) is 0 Å². The van der Waals surface area contributed by atoms with Crippen molar-refractivity contribution in [1.29, 1.82) is 0 Å². The fourth-order valence-electron chi connectivity index (χ4n) is 1.44. The molecule has 1 unspecified atom stereocenters. The molecule has 82 valence electrons. The van der Waals surface area contributed by atoms with Crippen LogP contribution in [0.3, 0.4) is 0 Å². The Labute approximate surface area is 93.3 Å². The number of aryl methyl sites for hydroxylation is 1. The molecule has 1 fully saturated rings. The van der Waals surface area contributed by atoms with Crippen molar-refractivity contribution in [1.82, 2.24) is 9.55 Å². The summed E-state index contributed by atoms with van der Waals surface area (Å²) < 4.78 is 1.50. The molecule has 1 aliphatic carbocycles. The van der Waals surface area contributed by atoms with E-state index in [1.165, 1.54) is 17.4 Å². The quantitative estimate of drug-likeness (QED) is 0.787. The fraction of sp³-hybridized carbons (Fsp3) is 0.600. The van der Waals surface area contributed by atoms with Crippen LogP contribution in [0.2, 0.25) is 0 Å². The second-order valence-electron chi connectivity index (χ2n) is 3.93. The van der Waals surface area contributed by atoms with Crippen LogP contribution in [-0.4, -0.2) is 21.5 Å². The lowest BCUT2D eigenvalue weighted by Crippen LogP contribution is -2.25.